The maximum atomic E-state index is 13.0. The summed E-state index contributed by atoms with van der Waals surface area (Å²) in [6.45, 7) is 5.20. The summed E-state index contributed by atoms with van der Waals surface area (Å²) < 4.78 is 27.4. The molecule has 6 nitrogen and oxygen atoms in total. The van der Waals surface area contributed by atoms with Crippen molar-refractivity contribution in [3.63, 3.8) is 0 Å². The molecule has 4 rings (SSSR count). The van der Waals surface area contributed by atoms with Crippen LogP contribution in [0.5, 0.6) is 0 Å². The fourth-order valence-electron chi connectivity index (χ4n) is 4.50. The molecule has 2 heterocycles. The number of sulfonamides is 1. The predicted molar refractivity (Wildman–Crippen MR) is 123 cm³/mol. The molecule has 2 aliphatic rings. The molecule has 0 unspecified atom stereocenters. The zero-order chi connectivity index (χ0) is 21.8. The molecular weight excluding hydrogens is 410 g/mol. The molecule has 0 radical (unpaired) electrons. The summed E-state index contributed by atoms with van der Waals surface area (Å²) in [5.74, 6) is -0.327. The Morgan fingerprint density at radius 1 is 1.10 bits per heavy atom. The van der Waals surface area contributed by atoms with Crippen LogP contribution < -0.4 is 10.2 Å². The second-order valence-electron chi connectivity index (χ2n) is 8.53. The van der Waals surface area contributed by atoms with E-state index in [-0.39, 0.29) is 18.4 Å². The number of nitrogens with zero attached hydrogens (tertiary/aromatic N) is 2. The van der Waals surface area contributed by atoms with E-state index in [0.29, 0.717) is 24.4 Å². The van der Waals surface area contributed by atoms with Crippen molar-refractivity contribution in [2.24, 2.45) is 5.92 Å². The highest BCUT2D eigenvalue weighted by Crippen LogP contribution is 2.27. The molecule has 2 aromatic rings. The van der Waals surface area contributed by atoms with Gasteiger partial charge in [0, 0.05) is 38.4 Å². The lowest BCUT2D eigenvalue weighted by Gasteiger charge is -2.31. The van der Waals surface area contributed by atoms with Crippen LogP contribution in [0.3, 0.4) is 0 Å². The van der Waals surface area contributed by atoms with Crippen LogP contribution in [0.4, 0.5) is 5.69 Å². The molecular formula is C24H31N3O3S. The Kier molecular flexibility index (Phi) is 6.62. The summed E-state index contributed by atoms with van der Waals surface area (Å²) >= 11 is 0. The number of carbonyl (C=O) groups is 1. The van der Waals surface area contributed by atoms with Gasteiger partial charge in [-0.1, -0.05) is 35.9 Å². The van der Waals surface area contributed by atoms with Crippen LogP contribution in [0.1, 0.15) is 30.4 Å². The predicted octanol–water partition coefficient (Wildman–Crippen LogP) is 2.96. The van der Waals surface area contributed by atoms with E-state index in [0.717, 1.165) is 37.9 Å². The molecule has 7 heteroatoms. The summed E-state index contributed by atoms with van der Waals surface area (Å²) in [5.41, 5.74) is 3.72. The molecule has 0 aliphatic carbocycles. The lowest BCUT2D eigenvalue weighted by Crippen LogP contribution is -2.45. The number of anilines is 1. The first kappa shape index (κ1) is 21.8. The molecule has 1 atom stereocenters. The van der Waals surface area contributed by atoms with Gasteiger partial charge in [0.05, 0.1) is 10.8 Å². The molecule has 2 aromatic carbocycles. The molecule has 0 aromatic heterocycles. The van der Waals surface area contributed by atoms with Crippen LogP contribution in [-0.2, 0) is 21.2 Å². The summed E-state index contributed by atoms with van der Waals surface area (Å²) in [6.07, 6.45) is 3.38. The van der Waals surface area contributed by atoms with Crippen molar-refractivity contribution in [2.75, 3.05) is 37.6 Å². The molecule has 0 saturated carbocycles. The molecule has 166 valence electrons. The van der Waals surface area contributed by atoms with Gasteiger partial charge in [0.15, 0.2) is 0 Å². The van der Waals surface area contributed by atoms with Gasteiger partial charge >= 0.3 is 0 Å². The van der Waals surface area contributed by atoms with Gasteiger partial charge in [0.2, 0.25) is 15.9 Å². The van der Waals surface area contributed by atoms with Crippen LogP contribution in [0.2, 0.25) is 0 Å². The van der Waals surface area contributed by atoms with Crippen LogP contribution in [0.15, 0.2) is 53.4 Å². The van der Waals surface area contributed by atoms with E-state index in [1.54, 1.807) is 24.3 Å². The van der Waals surface area contributed by atoms with Crippen molar-refractivity contribution in [1.29, 1.82) is 0 Å². The highest BCUT2D eigenvalue weighted by molar-refractivity contribution is 7.89. The zero-order valence-corrected chi connectivity index (χ0v) is 18.9. The number of benzene rings is 2. The monoisotopic (exact) mass is 441 g/mol. The third kappa shape index (κ3) is 4.93. The fourth-order valence-corrected chi connectivity index (χ4v) is 6.02. The van der Waals surface area contributed by atoms with Gasteiger partial charge in [0.25, 0.3) is 0 Å². The Morgan fingerprint density at radius 2 is 1.87 bits per heavy atom. The molecule has 1 N–H and O–H groups in total. The van der Waals surface area contributed by atoms with E-state index in [4.69, 9.17) is 0 Å². The van der Waals surface area contributed by atoms with Crippen LogP contribution in [0, 0.1) is 12.8 Å². The normalized spacial score (nSPS) is 19.3. The number of para-hydroxylation sites is 1. The van der Waals surface area contributed by atoms with E-state index in [9.17, 15) is 13.2 Å². The van der Waals surface area contributed by atoms with Gasteiger partial charge in [-0.05, 0) is 56.4 Å². The summed E-state index contributed by atoms with van der Waals surface area (Å²) in [5, 5.41) is 3.03. The summed E-state index contributed by atoms with van der Waals surface area (Å²) in [6, 6.07) is 15.4. The van der Waals surface area contributed by atoms with Crippen molar-refractivity contribution in [1.82, 2.24) is 9.62 Å². The highest BCUT2D eigenvalue weighted by atomic mass is 32.2. The number of nitrogens with one attached hydrogen (secondary N) is 1. The van der Waals surface area contributed by atoms with Gasteiger partial charge in [0.1, 0.15) is 0 Å². The smallest absolute Gasteiger partial charge is 0.243 e. The number of aryl methyl sites for hydroxylation is 1. The van der Waals surface area contributed by atoms with E-state index in [1.165, 1.54) is 15.6 Å². The number of piperidine rings is 1. The van der Waals surface area contributed by atoms with Crippen molar-refractivity contribution in [3.05, 3.63) is 59.7 Å². The van der Waals surface area contributed by atoms with Gasteiger partial charge in [-0.25, -0.2) is 8.42 Å². The fraction of sp³-hybridized carbons (Fsp3) is 0.458. The van der Waals surface area contributed by atoms with Crippen LogP contribution in [-0.4, -0.2) is 51.4 Å². The maximum Gasteiger partial charge on any atom is 0.243 e. The average molecular weight is 442 g/mol. The van der Waals surface area contributed by atoms with Gasteiger partial charge in [-0.2, -0.15) is 4.31 Å². The number of hydrogen-bond acceptors (Lipinski definition) is 4. The van der Waals surface area contributed by atoms with E-state index >= 15 is 0 Å². The Morgan fingerprint density at radius 3 is 2.68 bits per heavy atom. The van der Waals surface area contributed by atoms with Crippen LogP contribution in [0.25, 0.3) is 0 Å². The lowest BCUT2D eigenvalue weighted by atomic mass is 9.99. The molecule has 1 saturated heterocycles. The van der Waals surface area contributed by atoms with Crippen molar-refractivity contribution < 1.29 is 13.2 Å². The maximum absolute atomic E-state index is 13.0. The highest BCUT2D eigenvalue weighted by Gasteiger charge is 2.33. The Balaban J connectivity index is 1.27. The third-order valence-electron chi connectivity index (χ3n) is 6.30. The number of rotatable bonds is 7. The summed E-state index contributed by atoms with van der Waals surface area (Å²) in [4.78, 5) is 15.4. The Labute approximate surface area is 185 Å². The first-order valence-electron chi connectivity index (χ1n) is 11.1. The molecule has 2 aliphatic heterocycles. The molecule has 0 spiro atoms. The van der Waals surface area contributed by atoms with E-state index < -0.39 is 10.0 Å². The number of hydrogen-bond donors (Lipinski definition) is 1. The third-order valence-corrected chi connectivity index (χ3v) is 8.18. The SMILES string of the molecule is Cc1ccc(S(=O)(=O)N2CCC[C@H](C(=O)NCCCN3CCc4ccccc43)C2)cc1. The van der Waals surface area contributed by atoms with Crippen molar-refractivity contribution in [2.45, 2.75) is 37.5 Å². The van der Waals surface area contributed by atoms with Gasteiger partial charge in [-0.15, -0.1) is 0 Å². The van der Waals surface area contributed by atoms with Crippen LogP contribution >= 0.6 is 0 Å². The minimum absolute atomic E-state index is 0.0365. The van der Waals surface area contributed by atoms with Gasteiger partial charge in [-0.3, -0.25) is 4.79 Å². The quantitative estimate of drug-likeness (QED) is 0.671. The lowest BCUT2D eigenvalue weighted by molar-refractivity contribution is -0.126. The zero-order valence-electron chi connectivity index (χ0n) is 18.1. The first-order valence-corrected chi connectivity index (χ1v) is 12.6. The average Bonchev–Trinajstić information content (AvgIpc) is 3.20. The van der Waals surface area contributed by atoms with Gasteiger partial charge < -0.3 is 10.2 Å². The molecule has 31 heavy (non-hydrogen) atoms. The largest absolute Gasteiger partial charge is 0.371 e. The number of carbonyl (C=O) groups excluding carboxylic acids is 1. The topological polar surface area (TPSA) is 69.7 Å². The standard InChI is InChI=1S/C24H31N3O3S/c1-19-9-11-22(12-10-19)31(29,30)27-16-4-7-21(18-27)24(28)25-14-5-15-26-17-13-20-6-2-3-8-23(20)26/h2-3,6,8-12,21H,4-5,7,13-18H2,1H3,(H,25,28)/t21-/m0/s1. The number of fused-ring (bicyclic) bond motifs is 1. The Hall–Kier alpha value is -2.38. The first-order chi connectivity index (χ1) is 14.9. The van der Waals surface area contributed by atoms with Crippen molar-refractivity contribution in [3.8, 4) is 0 Å². The molecule has 0 bridgehead atoms. The second kappa shape index (κ2) is 9.40. The van der Waals surface area contributed by atoms with E-state index in [1.807, 2.05) is 6.92 Å². The minimum atomic E-state index is -3.56. The Bertz CT molecular complexity index is 1020. The summed E-state index contributed by atoms with van der Waals surface area (Å²) in [7, 11) is -3.56. The van der Waals surface area contributed by atoms with E-state index in [2.05, 4.69) is 34.5 Å². The minimum Gasteiger partial charge on any atom is -0.371 e. The van der Waals surface area contributed by atoms with Crippen molar-refractivity contribution >= 4 is 21.6 Å². The number of amides is 1. The molecule has 1 amide bonds. The second-order valence-corrected chi connectivity index (χ2v) is 10.5. The molecule has 1 fully saturated rings.